The Morgan fingerprint density at radius 3 is 2.71 bits per heavy atom. The Bertz CT molecular complexity index is 889. The van der Waals surface area contributed by atoms with Crippen LogP contribution in [0.1, 0.15) is 26.5 Å². The number of hydrogen-bond acceptors (Lipinski definition) is 3. The molecular formula is C19H17FN2OS. The van der Waals surface area contributed by atoms with Crippen molar-refractivity contribution in [1.82, 2.24) is 10.3 Å². The number of rotatable bonds is 4. The van der Waals surface area contributed by atoms with Crippen LogP contribution < -0.4 is 5.32 Å². The summed E-state index contributed by atoms with van der Waals surface area (Å²) in [5, 5.41) is 3.77. The van der Waals surface area contributed by atoms with Crippen molar-refractivity contribution in [2.75, 3.05) is 0 Å². The van der Waals surface area contributed by atoms with Gasteiger partial charge in [-0.1, -0.05) is 30.3 Å². The molecule has 1 N–H and O–H groups in total. The van der Waals surface area contributed by atoms with E-state index in [2.05, 4.69) is 23.3 Å². The molecule has 0 bridgehead atoms. The third-order valence-corrected chi connectivity index (χ3v) is 4.96. The number of halogens is 1. The summed E-state index contributed by atoms with van der Waals surface area (Å²) >= 11 is 1.57. The minimum absolute atomic E-state index is 0.292. The van der Waals surface area contributed by atoms with E-state index in [9.17, 15) is 9.18 Å². The van der Waals surface area contributed by atoms with Gasteiger partial charge < -0.3 is 5.32 Å². The lowest BCUT2D eigenvalue weighted by Crippen LogP contribution is -2.22. The normalized spacial score (nSPS) is 10.6. The van der Waals surface area contributed by atoms with Gasteiger partial charge in [0.25, 0.3) is 5.91 Å². The van der Waals surface area contributed by atoms with E-state index in [-0.39, 0.29) is 5.91 Å². The third kappa shape index (κ3) is 3.51. The van der Waals surface area contributed by atoms with Gasteiger partial charge in [-0.15, -0.1) is 11.3 Å². The molecule has 0 aliphatic heterocycles. The molecule has 122 valence electrons. The molecule has 0 saturated carbocycles. The fourth-order valence-corrected chi connectivity index (χ4v) is 3.51. The summed E-state index contributed by atoms with van der Waals surface area (Å²) in [4.78, 5) is 17.7. The molecule has 24 heavy (non-hydrogen) atoms. The molecule has 1 aromatic heterocycles. The predicted octanol–water partition coefficient (Wildman–Crippen LogP) is 4.50. The first-order valence-electron chi connectivity index (χ1n) is 7.60. The van der Waals surface area contributed by atoms with Crippen LogP contribution in [-0.4, -0.2) is 10.9 Å². The van der Waals surface area contributed by atoms with Crippen LogP contribution >= 0.6 is 11.3 Å². The quantitative estimate of drug-likeness (QED) is 0.760. The van der Waals surface area contributed by atoms with Crippen molar-refractivity contribution in [2.24, 2.45) is 0 Å². The second kappa shape index (κ2) is 6.93. The zero-order chi connectivity index (χ0) is 17.1. The molecule has 0 aliphatic carbocycles. The maximum atomic E-state index is 13.2. The fraction of sp³-hybridized carbons (Fsp3) is 0.158. The molecule has 0 atom stereocenters. The SMILES string of the molecule is Cc1ccccc1-c1nc(C)c(CNC(=O)c2cccc(F)c2)s1. The van der Waals surface area contributed by atoms with Crippen LogP contribution in [0, 0.1) is 19.7 Å². The monoisotopic (exact) mass is 340 g/mol. The zero-order valence-electron chi connectivity index (χ0n) is 13.5. The molecule has 5 heteroatoms. The predicted molar refractivity (Wildman–Crippen MR) is 94.6 cm³/mol. The van der Waals surface area contributed by atoms with Crippen LogP contribution in [-0.2, 0) is 6.54 Å². The van der Waals surface area contributed by atoms with Crippen LogP contribution in [0.5, 0.6) is 0 Å². The van der Waals surface area contributed by atoms with E-state index in [0.29, 0.717) is 12.1 Å². The van der Waals surface area contributed by atoms with E-state index in [1.54, 1.807) is 17.4 Å². The standard InChI is InChI=1S/C19H17FN2OS/c1-12-6-3-4-9-16(12)19-22-13(2)17(24-19)11-21-18(23)14-7-5-8-15(20)10-14/h3-10H,11H2,1-2H3,(H,21,23). The van der Waals surface area contributed by atoms with E-state index in [1.165, 1.54) is 23.8 Å². The summed E-state index contributed by atoms with van der Waals surface area (Å²) in [5.41, 5.74) is 3.49. The number of nitrogens with zero attached hydrogens (tertiary/aromatic N) is 1. The Morgan fingerprint density at radius 1 is 1.17 bits per heavy atom. The molecule has 0 spiro atoms. The van der Waals surface area contributed by atoms with E-state index >= 15 is 0 Å². The van der Waals surface area contributed by atoms with E-state index in [0.717, 1.165) is 21.1 Å². The van der Waals surface area contributed by atoms with Crippen LogP contribution in [0.25, 0.3) is 10.6 Å². The number of carbonyl (C=O) groups is 1. The smallest absolute Gasteiger partial charge is 0.251 e. The third-order valence-electron chi connectivity index (χ3n) is 3.76. The summed E-state index contributed by atoms with van der Waals surface area (Å²) in [7, 11) is 0. The summed E-state index contributed by atoms with van der Waals surface area (Å²) in [6.45, 7) is 4.37. The first-order valence-corrected chi connectivity index (χ1v) is 8.42. The minimum atomic E-state index is -0.418. The van der Waals surface area contributed by atoms with Crippen molar-refractivity contribution in [3.63, 3.8) is 0 Å². The van der Waals surface area contributed by atoms with Gasteiger partial charge in [-0.2, -0.15) is 0 Å². The highest BCUT2D eigenvalue weighted by Gasteiger charge is 2.13. The maximum Gasteiger partial charge on any atom is 0.251 e. The van der Waals surface area contributed by atoms with Crippen LogP contribution in [0.4, 0.5) is 4.39 Å². The molecule has 0 saturated heterocycles. The van der Waals surface area contributed by atoms with Crippen LogP contribution in [0.2, 0.25) is 0 Å². The van der Waals surface area contributed by atoms with Crippen molar-refractivity contribution < 1.29 is 9.18 Å². The lowest BCUT2D eigenvalue weighted by atomic mass is 10.1. The maximum absolute atomic E-state index is 13.2. The molecule has 0 fully saturated rings. The van der Waals surface area contributed by atoms with E-state index in [1.807, 2.05) is 25.1 Å². The molecule has 3 aromatic rings. The largest absolute Gasteiger partial charge is 0.347 e. The van der Waals surface area contributed by atoms with Gasteiger partial charge in [0.05, 0.1) is 12.2 Å². The summed E-state index contributed by atoms with van der Waals surface area (Å²) in [6, 6.07) is 13.8. The molecule has 1 amide bonds. The first-order chi connectivity index (χ1) is 11.5. The number of aromatic nitrogens is 1. The fourth-order valence-electron chi connectivity index (χ4n) is 2.41. The van der Waals surface area contributed by atoms with Crippen LogP contribution in [0.15, 0.2) is 48.5 Å². The van der Waals surface area contributed by atoms with E-state index in [4.69, 9.17) is 0 Å². The average Bonchev–Trinajstić information content (AvgIpc) is 2.93. The summed E-state index contributed by atoms with van der Waals surface area (Å²) < 4.78 is 13.2. The van der Waals surface area contributed by atoms with Gasteiger partial charge >= 0.3 is 0 Å². The molecule has 0 radical (unpaired) electrons. The molecule has 3 nitrogen and oxygen atoms in total. The Morgan fingerprint density at radius 2 is 1.96 bits per heavy atom. The average molecular weight is 340 g/mol. The van der Waals surface area contributed by atoms with Crippen molar-refractivity contribution in [2.45, 2.75) is 20.4 Å². The van der Waals surface area contributed by atoms with Gasteiger partial charge in [0.15, 0.2) is 0 Å². The number of nitrogens with one attached hydrogen (secondary N) is 1. The number of hydrogen-bond donors (Lipinski definition) is 1. The lowest BCUT2D eigenvalue weighted by Gasteiger charge is -2.04. The Kier molecular flexibility index (Phi) is 4.71. The van der Waals surface area contributed by atoms with Crippen LogP contribution in [0.3, 0.4) is 0 Å². The Labute approximate surface area is 144 Å². The second-order valence-corrected chi connectivity index (χ2v) is 6.62. The zero-order valence-corrected chi connectivity index (χ0v) is 14.3. The van der Waals surface area contributed by atoms with Crippen molar-refractivity contribution in [3.8, 4) is 10.6 Å². The van der Waals surface area contributed by atoms with Gasteiger partial charge in [-0.25, -0.2) is 9.37 Å². The number of carbonyl (C=O) groups excluding carboxylic acids is 1. The topological polar surface area (TPSA) is 42.0 Å². The highest BCUT2D eigenvalue weighted by atomic mass is 32.1. The highest BCUT2D eigenvalue weighted by Crippen LogP contribution is 2.30. The molecule has 3 rings (SSSR count). The van der Waals surface area contributed by atoms with Crippen molar-refractivity contribution >= 4 is 17.2 Å². The van der Waals surface area contributed by atoms with Crippen molar-refractivity contribution in [3.05, 3.63) is 76.0 Å². The molecule has 2 aromatic carbocycles. The van der Waals surface area contributed by atoms with Crippen molar-refractivity contribution in [1.29, 1.82) is 0 Å². The highest BCUT2D eigenvalue weighted by molar-refractivity contribution is 7.15. The Balaban J connectivity index is 1.75. The van der Waals surface area contributed by atoms with Gasteiger partial charge in [-0.05, 0) is 37.6 Å². The van der Waals surface area contributed by atoms with E-state index < -0.39 is 5.82 Å². The van der Waals surface area contributed by atoms with Gasteiger partial charge in [0.1, 0.15) is 10.8 Å². The Hall–Kier alpha value is -2.53. The molecular weight excluding hydrogens is 323 g/mol. The van der Waals surface area contributed by atoms with Gasteiger partial charge in [-0.3, -0.25) is 4.79 Å². The lowest BCUT2D eigenvalue weighted by molar-refractivity contribution is 0.0951. The minimum Gasteiger partial charge on any atom is -0.347 e. The number of thiazole rings is 1. The van der Waals surface area contributed by atoms with Gasteiger partial charge in [0.2, 0.25) is 0 Å². The number of benzene rings is 2. The molecule has 0 aliphatic rings. The first kappa shape index (κ1) is 16.3. The summed E-state index contributed by atoms with van der Waals surface area (Å²) in [5.74, 6) is -0.710. The second-order valence-electron chi connectivity index (χ2n) is 5.54. The number of amides is 1. The number of aryl methyl sites for hydroxylation is 2. The molecule has 1 heterocycles. The summed E-state index contributed by atoms with van der Waals surface area (Å²) in [6.07, 6.45) is 0. The van der Waals surface area contributed by atoms with Gasteiger partial charge in [0, 0.05) is 16.0 Å². The molecule has 0 unspecified atom stereocenters.